The van der Waals surface area contributed by atoms with Crippen LogP contribution in [0.4, 0.5) is 18.9 Å². The van der Waals surface area contributed by atoms with E-state index < -0.39 is 17.7 Å². The molecule has 1 aromatic heterocycles. The summed E-state index contributed by atoms with van der Waals surface area (Å²) in [5.74, 6) is -0.814. The maximum Gasteiger partial charge on any atom is 0.430 e. The number of amides is 1. The number of carbonyl (C=O) groups excluding carboxylic acids is 1. The Bertz CT molecular complexity index is 1680. The van der Waals surface area contributed by atoms with Crippen LogP contribution in [0.3, 0.4) is 0 Å². The topological polar surface area (TPSA) is 43.7 Å². The molecule has 1 unspecified atom stereocenters. The van der Waals surface area contributed by atoms with Crippen molar-refractivity contribution in [3.63, 3.8) is 0 Å². The van der Waals surface area contributed by atoms with E-state index in [0.29, 0.717) is 18.7 Å². The Morgan fingerprint density at radius 2 is 1.45 bits per heavy atom. The summed E-state index contributed by atoms with van der Waals surface area (Å²) >= 11 is 7.11. The van der Waals surface area contributed by atoms with Crippen LogP contribution in [0.5, 0.6) is 5.75 Å². The Hall–Kier alpha value is -3.34. The van der Waals surface area contributed by atoms with Crippen LogP contribution in [0, 0.1) is 0 Å². The van der Waals surface area contributed by atoms with Gasteiger partial charge in [0.25, 0.3) is 11.5 Å². The van der Waals surface area contributed by atoms with E-state index >= 15 is 0 Å². The standard InChI is InChI=1S/C32H27Br2F3N2O3/c1-41-25-11-6-10-24(20-25)38(30(40)31(42-2,32(35,36)37)21-8-4-3-5-9-21)16-7-17-39-28-14-12-22(33)18-26(28)27-19-23(34)13-15-29(27)39/h3-6,8-15,18-20H,7,16-17H2,1-2H3. The minimum Gasteiger partial charge on any atom is -0.497 e. The number of benzene rings is 4. The lowest BCUT2D eigenvalue weighted by Crippen LogP contribution is -2.57. The third kappa shape index (κ3) is 5.43. The highest BCUT2D eigenvalue weighted by Crippen LogP contribution is 2.44. The van der Waals surface area contributed by atoms with E-state index in [2.05, 4.69) is 36.4 Å². The lowest BCUT2D eigenvalue weighted by atomic mass is 9.90. The van der Waals surface area contributed by atoms with E-state index in [-0.39, 0.29) is 17.8 Å². The van der Waals surface area contributed by atoms with E-state index in [4.69, 9.17) is 9.47 Å². The van der Waals surface area contributed by atoms with Gasteiger partial charge in [0.15, 0.2) is 0 Å². The fourth-order valence-electron chi connectivity index (χ4n) is 5.39. The number of aryl methyl sites for hydroxylation is 1. The van der Waals surface area contributed by atoms with Crippen LogP contribution in [0.25, 0.3) is 21.8 Å². The van der Waals surface area contributed by atoms with Crippen LogP contribution in [0.1, 0.15) is 12.0 Å². The molecule has 0 saturated heterocycles. The average Bonchev–Trinajstić information content (AvgIpc) is 3.27. The number of ether oxygens (including phenoxy) is 2. The van der Waals surface area contributed by atoms with Crippen LogP contribution in [-0.4, -0.2) is 37.4 Å². The van der Waals surface area contributed by atoms with Crippen LogP contribution < -0.4 is 9.64 Å². The third-order valence-electron chi connectivity index (χ3n) is 7.35. The Morgan fingerprint density at radius 1 is 0.833 bits per heavy atom. The van der Waals surface area contributed by atoms with Gasteiger partial charge in [-0.2, -0.15) is 13.2 Å². The first-order chi connectivity index (χ1) is 20.1. The smallest absolute Gasteiger partial charge is 0.430 e. The molecule has 0 spiro atoms. The Balaban J connectivity index is 1.56. The second-order valence-corrected chi connectivity index (χ2v) is 11.6. The molecule has 10 heteroatoms. The van der Waals surface area contributed by atoms with Crippen molar-refractivity contribution >= 4 is 65.3 Å². The van der Waals surface area contributed by atoms with Crippen molar-refractivity contribution in [2.24, 2.45) is 0 Å². The second-order valence-electron chi connectivity index (χ2n) is 9.74. The molecule has 218 valence electrons. The van der Waals surface area contributed by atoms with E-state index in [1.54, 1.807) is 30.3 Å². The minimum atomic E-state index is -5.04. The fourth-order valence-corrected chi connectivity index (χ4v) is 6.12. The van der Waals surface area contributed by atoms with E-state index in [0.717, 1.165) is 42.8 Å². The highest BCUT2D eigenvalue weighted by molar-refractivity contribution is 9.10. The maximum atomic E-state index is 14.9. The van der Waals surface area contributed by atoms with E-state index in [1.807, 2.05) is 36.4 Å². The zero-order valence-electron chi connectivity index (χ0n) is 22.8. The Morgan fingerprint density at radius 3 is 2.00 bits per heavy atom. The number of anilines is 1. The predicted molar refractivity (Wildman–Crippen MR) is 166 cm³/mol. The van der Waals surface area contributed by atoms with E-state index in [9.17, 15) is 18.0 Å². The Kier molecular flexibility index (Phi) is 8.68. The van der Waals surface area contributed by atoms with Crippen LogP contribution in [-0.2, 0) is 21.7 Å². The number of hydrogen-bond donors (Lipinski definition) is 0. The van der Waals surface area contributed by atoms with Crippen molar-refractivity contribution < 1.29 is 27.4 Å². The summed E-state index contributed by atoms with van der Waals surface area (Å²) in [7, 11) is 2.37. The molecule has 5 aromatic rings. The zero-order valence-corrected chi connectivity index (χ0v) is 26.0. The van der Waals surface area contributed by atoms with Gasteiger partial charge in [-0.05, 0) is 55.0 Å². The SMILES string of the molecule is COc1cccc(N(CCCn2c3ccc(Br)cc3c3cc(Br)ccc32)C(=O)C(OC)(c2ccccc2)C(F)(F)F)c1. The van der Waals surface area contributed by atoms with E-state index in [1.165, 1.54) is 31.4 Å². The van der Waals surface area contributed by atoms with Crippen molar-refractivity contribution in [3.05, 3.63) is 106 Å². The van der Waals surface area contributed by atoms with Gasteiger partial charge in [0, 0.05) is 68.3 Å². The molecule has 5 nitrogen and oxygen atoms in total. The van der Waals surface area contributed by atoms with Crippen molar-refractivity contribution in [3.8, 4) is 5.75 Å². The second kappa shape index (κ2) is 12.1. The van der Waals surface area contributed by atoms with Crippen LogP contribution >= 0.6 is 31.9 Å². The number of alkyl halides is 3. The van der Waals surface area contributed by atoms with Gasteiger partial charge in [0.1, 0.15) is 5.75 Å². The van der Waals surface area contributed by atoms with Gasteiger partial charge < -0.3 is 18.9 Å². The number of nitrogens with zero attached hydrogens (tertiary/aromatic N) is 2. The normalized spacial score (nSPS) is 13.3. The van der Waals surface area contributed by atoms with Crippen LogP contribution in [0.15, 0.2) is 99.9 Å². The number of rotatable bonds is 9. The average molecular weight is 704 g/mol. The molecule has 0 saturated carbocycles. The number of hydrogen-bond acceptors (Lipinski definition) is 3. The summed E-state index contributed by atoms with van der Waals surface area (Å²) in [6.07, 6.45) is -4.68. The van der Waals surface area contributed by atoms with Gasteiger partial charge >= 0.3 is 6.18 Å². The highest BCUT2D eigenvalue weighted by atomic mass is 79.9. The van der Waals surface area contributed by atoms with Gasteiger partial charge in [0.05, 0.1) is 7.11 Å². The Labute approximate surface area is 258 Å². The van der Waals surface area contributed by atoms with Gasteiger partial charge in [0.2, 0.25) is 0 Å². The first-order valence-electron chi connectivity index (χ1n) is 13.1. The first kappa shape index (κ1) is 30.1. The van der Waals surface area contributed by atoms with Gasteiger partial charge in [-0.1, -0.05) is 68.3 Å². The largest absolute Gasteiger partial charge is 0.497 e. The molecule has 0 N–H and O–H groups in total. The summed E-state index contributed by atoms with van der Waals surface area (Å²) in [5, 5.41) is 2.09. The zero-order chi connectivity index (χ0) is 30.1. The number of halogens is 5. The lowest BCUT2D eigenvalue weighted by molar-refractivity contribution is -0.264. The molecule has 1 amide bonds. The molecule has 1 heterocycles. The number of carbonyl (C=O) groups is 1. The molecule has 5 rings (SSSR count). The molecule has 4 aromatic carbocycles. The summed E-state index contributed by atoms with van der Waals surface area (Å²) in [6, 6.07) is 25.5. The molecule has 0 bridgehead atoms. The van der Waals surface area contributed by atoms with Crippen molar-refractivity contribution in [1.82, 2.24) is 4.57 Å². The summed E-state index contributed by atoms with van der Waals surface area (Å²) in [6.45, 7) is 0.447. The molecule has 0 aliphatic carbocycles. The molecule has 0 aliphatic heterocycles. The van der Waals surface area contributed by atoms with Crippen molar-refractivity contribution in [2.75, 3.05) is 25.7 Å². The van der Waals surface area contributed by atoms with Gasteiger partial charge in [-0.25, -0.2) is 0 Å². The molecule has 1 atom stereocenters. The minimum absolute atomic E-state index is 0.00571. The van der Waals surface area contributed by atoms with Gasteiger partial charge in [-0.15, -0.1) is 0 Å². The highest BCUT2D eigenvalue weighted by Gasteiger charge is 2.64. The number of aromatic nitrogens is 1. The van der Waals surface area contributed by atoms with Crippen LogP contribution in [0.2, 0.25) is 0 Å². The quantitative estimate of drug-likeness (QED) is 0.154. The summed E-state index contributed by atoms with van der Waals surface area (Å²) in [4.78, 5) is 15.3. The summed E-state index contributed by atoms with van der Waals surface area (Å²) < 4.78 is 59.1. The maximum absolute atomic E-state index is 14.9. The predicted octanol–water partition coefficient (Wildman–Crippen LogP) is 8.86. The lowest BCUT2D eigenvalue weighted by Gasteiger charge is -2.38. The molecule has 0 aliphatic rings. The van der Waals surface area contributed by atoms with Crippen molar-refractivity contribution in [1.29, 1.82) is 0 Å². The molecular formula is C32H27Br2F3N2O3. The molecular weight excluding hydrogens is 677 g/mol. The number of methoxy groups -OCH3 is 2. The monoisotopic (exact) mass is 702 g/mol. The molecule has 0 fully saturated rings. The summed E-state index contributed by atoms with van der Waals surface area (Å²) in [5.41, 5.74) is -1.26. The van der Waals surface area contributed by atoms with Crippen molar-refractivity contribution in [2.45, 2.75) is 24.7 Å². The molecule has 0 radical (unpaired) electrons. The fraction of sp³-hybridized carbons (Fsp3) is 0.219. The number of fused-ring (bicyclic) bond motifs is 3. The van der Waals surface area contributed by atoms with Gasteiger partial charge in [-0.3, -0.25) is 4.79 Å². The third-order valence-corrected chi connectivity index (χ3v) is 8.34. The first-order valence-corrected chi connectivity index (χ1v) is 14.7. The molecule has 42 heavy (non-hydrogen) atoms.